The molecular formula is C13H17F3O3S. The van der Waals surface area contributed by atoms with E-state index in [1.54, 1.807) is 12.1 Å². The Morgan fingerprint density at radius 1 is 1.20 bits per heavy atom. The molecule has 0 amide bonds. The van der Waals surface area contributed by atoms with Crippen molar-refractivity contribution >= 4 is 10.1 Å². The fourth-order valence-electron chi connectivity index (χ4n) is 1.53. The maximum absolute atomic E-state index is 13.0. The van der Waals surface area contributed by atoms with Crippen molar-refractivity contribution in [3.05, 3.63) is 29.8 Å². The van der Waals surface area contributed by atoms with Crippen molar-refractivity contribution < 1.29 is 25.8 Å². The Labute approximate surface area is 116 Å². The van der Waals surface area contributed by atoms with Crippen molar-refractivity contribution in [3.63, 3.8) is 0 Å². The van der Waals surface area contributed by atoms with E-state index in [4.69, 9.17) is 0 Å². The molecule has 3 nitrogen and oxygen atoms in total. The first-order valence-corrected chi connectivity index (χ1v) is 7.45. The quantitative estimate of drug-likeness (QED) is 0.753. The lowest BCUT2D eigenvalue weighted by atomic mass is 9.82. The van der Waals surface area contributed by atoms with Crippen LogP contribution >= 0.6 is 0 Å². The summed E-state index contributed by atoms with van der Waals surface area (Å²) in [5.74, 6) is -0.201. The van der Waals surface area contributed by atoms with Crippen molar-refractivity contribution in [3.8, 4) is 5.75 Å². The maximum atomic E-state index is 13.0. The SMILES string of the molecule is CCC(C)(C)c1ccccc1OS(=O)(=O)C(F)(F)CF. The van der Waals surface area contributed by atoms with Gasteiger partial charge < -0.3 is 4.18 Å². The molecule has 0 spiro atoms. The summed E-state index contributed by atoms with van der Waals surface area (Å²) < 4.78 is 65.5. The molecule has 0 atom stereocenters. The number of para-hydroxylation sites is 1. The van der Waals surface area contributed by atoms with E-state index < -0.39 is 27.5 Å². The summed E-state index contributed by atoms with van der Waals surface area (Å²) in [5, 5.41) is -4.56. The number of benzene rings is 1. The van der Waals surface area contributed by atoms with Gasteiger partial charge in [-0.2, -0.15) is 17.2 Å². The summed E-state index contributed by atoms with van der Waals surface area (Å²) in [6, 6.07) is 5.99. The minimum atomic E-state index is -5.36. The minimum Gasteiger partial charge on any atom is -0.378 e. The maximum Gasteiger partial charge on any atom is 0.407 e. The lowest BCUT2D eigenvalue weighted by Crippen LogP contribution is -2.35. The fourth-order valence-corrected chi connectivity index (χ4v) is 2.17. The monoisotopic (exact) mass is 310 g/mol. The molecule has 0 heterocycles. The molecule has 0 fully saturated rings. The molecule has 0 saturated heterocycles. The van der Waals surface area contributed by atoms with Gasteiger partial charge in [-0.25, -0.2) is 4.39 Å². The Bertz CT molecular complexity index is 568. The molecule has 1 aromatic carbocycles. The van der Waals surface area contributed by atoms with E-state index in [1.165, 1.54) is 12.1 Å². The predicted octanol–water partition coefficient (Wildman–Crippen LogP) is 3.65. The first-order valence-electron chi connectivity index (χ1n) is 6.05. The Morgan fingerprint density at radius 2 is 1.75 bits per heavy atom. The molecule has 114 valence electrons. The third kappa shape index (κ3) is 3.26. The molecule has 1 aromatic rings. The lowest BCUT2D eigenvalue weighted by Gasteiger charge is -2.26. The molecule has 0 aliphatic rings. The van der Waals surface area contributed by atoms with Crippen molar-refractivity contribution in [2.24, 2.45) is 0 Å². The Kier molecular flexibility index (Phi) is 4.74. The highest BCUT2D eigenvalue weighted by Gasteiger charge is 2.48. The van der Waals surface area contributed by atoms with Crippen molar-refractivity contribution in [1.82, 2.24) is 0 Å². The molecule has 1 rings (SSSR count). The topological polar surface area (TPSA) is 43.4 Å². The van der Waals surface area contributed by atoms with Crippen LogP contribution in [-0.2, 0) is 15.5 Å². The minimum absolute atomic E-state index is 0.201. The smallest absolute Gasteiger partial charge is 0.378 e. The lowest BCUT2D eigenvalue weighted by molar-refractivity contribution is 0.0537. The van der Waals surface area contributed by atoms with Crippen LogP contribution < -0.4 is 4.18 Å². The highest BCUT2D eigenvalue weighted by molar-refractivity contribution is 7.88. The first kappa shape index (κ1) is 16.8. The van der Waals surface area contributed by atoms with Crippen LogP contribution in [0.1, 0.15) is 32.8 Å². The second kappa shape index (κ2) is 5.63. The number of hydrogen-bond donors (Lipinski definition) is 0. The van der Waals surface area contributed by atoms with E-state index in [0.717, 1.165) is 0 Å². The summed E-state index contributed by atoms with van der Waals surface area (Å²) in [6.07, 6.45) is 0.646. The average molecular weight is 310 g/mol. The fraction of sp³-hybridized carbons (Fsp3) is 0.538. The number of alkyl halides is 3. The van der Waals surface area contributed by atoms with Crippen LogP contribution in [0.4, 0.5) is 13.2 Å². The second-order valence-electron chi connectivity index (χ2n) is 5.04. The van der Waals surface area contributed by atoms with Gasteiger partial charge in [0, 0.05) is 5.56 Å². The van der Waals surface area contributed by atoms with Crippen LogP contribution in [-0.4, -0.2) is 20.3 Å². The van der Waals surface area contributed by atoms with Gasteiger partial charge in [-0.05, 0) is 17.9 Å². The molecule has 0 unspecified atom stereocenters. The van der Waals surface area contributed by atoms with Gasteiger partial charge in [-0.1, -0.05) is 39.0 Å². The van der Waals surface area contributed by atoms with Crippen LogP contribution in [0.3, 0.4) is 0 Å². The van der Waals surface area contributed by atoms with Crippen LogP contribution in [0.5, 0.6) is 5.75 Å². The van der Waals surface area contributed by atoms with Crippen LogP contribution in [0, 0.1) is 0 Å². The first-order chi connectivity index (χ1) is 9.07. The highest BCUT2D eigenvalue weighted by atomic mass is 32.2. The standard InChI is InChI=1S/C13H17F3O3S/c1-4-12(2,3)10-7-5-6-8-11(10)19-20(17,18)13(15,16)9-14/h5-8H,4,9H2,1-3H3. The van der Waals surface area contributed by atoms with Gasteiger partial charge >= 0.3 is 15.4 Å². The summed E-state index contributed by atoms with van der Waals surface area (Å²) in [6.45, 7) is 3.21. The number of halogens is 3. The van der Waals surface area contributed by atoms with Gasteiger partial charge in [0.15, 0.2) is 6.67 Å². The van der Waals surface area contributed by atoms with Crippen LogP contribution in [0.25, 0.3) is 0 Å². The molecule has 0 aliphatic heterocycles. The van der Waals surface area contributed by atoms with Gasteiger partial charge in [0.2, 0.25) is 0 Å². The van der Waals surface area contributed by atoms with Crippen molar-refractivity contribution in [2.45, 2.75) is 37.9 Å². The molecule has 20 heavy (non-hydrogen) atoms. The molecule has 0 aliphatic carbocycles. The summed E-state index contributed by atoms with van der Waals surface area (Å²) in [4.78, 5) is 0. The van der Waals surface area contributed by atoms with E-state index in [9.17, 15) is 21.6 Å². The van der Waals surface area contributed by atoms with Gasteiger partial charge in [-0.3, -0.25) is 0 Å². The van der Waals surface area contributed by atoms with E-state index in [-0.39, 0.29) is 5.75 Å². The van der Waals surface area contributed by atoms with Crippen LogP contribution in [0.2, 0.25) is 0 Å². The summed E-state index contributed by atoms with van der Waals surface area (Å²) >= 11 is 0. The second-order valence-corrected chi connectivity index (χ2v) is 6.71. The largest absolute Gasteiger partial charge is 0.407 e. The third-order valence-corrected chi connectivity index (χ3v) is 4.46. The Morgan fingerprint density at radius 3 is 2.25 bits per heavy atom. The molecule has 0 saturated carbocycles. The molecule has 0 aromatic heterocycles. The summed E-state index contributed by atoms with van der Waals surface area (Å²) in [7, 11) is -5.36. The van der Waals surface area contributed by atoms with E-state index in [1.807, 2.05) is 20.8 Å². The Balaban J connectivity index is 3.25. The zero-order valence-corrected chi connectivity index (χ0v) is 12.3. The Hall–Kier alpha value is -1.24. The molecular weight excluding hydrogens is 293 g/mol. The highest BCUT2D eigenvalue weighted by Crippen LogP contribution is 2.36. The third-order valence-electron chi connectivity index (χ3n) is 3.22. The van der Waals surface area contributed by atoms with Gasteiger partial charge in [0.05, 0.1) is 0 Å². The number of hydrogen-bond acceptors (Lipinski definition) is 3. The predicted molar refractivity (Wildman–Crippen MR) is 70.2 cm³/mol. The molecule has 7 heteroatoms. The molecule has 0 bridgehead atoms. The summed E-state index contributed by atoms with van der Waals surface area (Å²) in [5.41, 5.74) is 0.0117. The van der Waals surface area contributed by atoms with Gasteiger partial charge in [0.1, 0.15) is 5.75 Å². The van der Waals surface area contributed by atoms with Crippen molar-refractivity contribution in [1.29, 1.82) is 0 Å². The average Bonchev–Trinajstić information content (AvgIpc) is 2.38. The van der Waals surface area contributed by atoms with E-state index in [0.29, 0.717) is 12.0 Å². The van der Waals surface area contributed by atoms with Gasteiger partial charge in [0.25, 0.3) is 0 Å². The normalized spacial score (nSPS) is 13.3. The van der Waals surface area contributed by atoms with Crippen molar-refractivity contribution in [2.75, 3.05) is 6.67 Å². The van der Waals surface area contributed by atoms with E-state index in [2.05, 4.69) is 4.18 Å². The zero-order valence-electron chi connectivity index (χ0n) is 11.5. The van der Waals surface area contributed by atoms with Crippen LogP contribution in [0.15, 0.2) is 24.3 Å². The molecule has 0 radical (unpaired) electrons. The van der Waals surface area contributed by atoms with Gasteiger partial charge in [-0.15, -0.1) is 0 Å². The van der Waals surface area contributed by atoms with E-state index >= 15 is 0 Å². The number of rotatable bonds is 6. The molecule has 0 N–H and O–H groups in total. The zero-order chi connectivity index (χ0) is 15.6.